The third kappa shape index (κ3) is 2.44. The van der Waals surface area contributed by atoms with Crippen LogP contribution in [0, 0.1) is 0 Å². The van der Waals surface area contributed by atoms with Crippen LogP contribution in [0.4, 0.5) is 5.69 Å². The average Bonchev–Trinajstić information content (AvgIpc) is 2.99. The Morgan fingerprint density at radius 2 is 2.12 bits per heavy atom. The lowest BCUT2D eigenvalue weighted by Gasteiger charge is -2.29. The minimum Gasteiger partial charge on any atom is -0.462 e. The number of aromatic nitrogens is 3. The first-order chi connectivity index (χ1) is 12.7. The molecule has 1 N–H and O–H groups in total. The van der Waals surface area contributed by atoms with Crippen LogP contribution in [0.3, 0.4) is 0 Å². The van der Waals surface area contributed by atoms with Crippen molar-refractivity contribution in [3.63, 3.8) is 0 Å². The van der Waals surface area contributed by atoms with Gasteiger partial charge in [-0.25, -0.2) is 14.8 Å². The molecule has 0 spiro atoms. The van der Waals surface area contributed by atoms with Crippen molar-refractivity contribution >= 4 is 34.2 Å². The van der Waals surface area contributed by atoms with Gasteiger partial charge in [-0.3, -0.25) is 4.57 Å². The Morgan fingerprint density at radius 1 is 1.31 bits per heavy atom. The molecule has 0 bridgehead atoms. The number of hydrogen-bond acceptors (Lipinski definition) is 5. The predicted octanol–water partition coefficient (Wildman–Crippen LogP) is 4.52. The van der Waals surface area contributed by atoms with Gasteiger partial charge in [0.1, 0.15) is 12.0 Å². The summed E-state index contributed by atoms with van der Waals surface area (Å²) in [6, 6.07) is 7.72. The lowest BCUT2D eigenvalue weighted by Crippen LogP contribution is -2.25. The zero-order valence-electron chi connectivity index (χ0n) is 14.6. The number of para-hydroxylation sites is 1. The number of carbonyl (C=O) groups is 1. The van der Waals surface area contributed by atoms with Crippen LogP contribution < -0.4 is 5.32 Å². The Bertz CT molecular complexity index is 999. The summed E-state index contributed by atoms with van der Waals surface area (Å²) >= 11 is 6.33. The molecule has 0 amide bonds. The van der Waals surface area contributed by atoms with Gasteiger partial charge in [-0.05, 0) is 19.4 Å². The fourth-order valence-corrected chi connectivity index (χ4v) is 3.81. The molecule has 2 aromatic heterocycles. The zero-order chi connectivity index (χ0) is 18.3. The van der Waals surface area contributed by atoms with E-state index in [1.165, 1.54) is 6.33 Å². The van der Waals surface area contributed by atoms with E-state index >= 15 is 0 Å². The predicted molar refractivity (Wildman–Crippen MR) is 101 cm³/mol. The van der Waals surface area contributed by atoms with Gasteiger partial charge in [-0.1, -0.05) is 43.1 Å². The number of rotatable bonds is 4. The molecule has 1 aromatic carbocycles. The minimum absolute atomic E-state index is 0.0807. The van der Waals surface area contributed by atoms with Crippen LogP contribution in [-0.4, -0.2) is 27.1 Å². The number of ether oxygens (including phenoxy) is 1. The molecule has 1 unspecified atom stereocenters. The van der Waals surface area contributed by atoms with Crippen LogP contribution in [0.2, 0.25) is 5.15 Å². The maximum atomic E-state index is 12.8. The lowest BCUT2D eigenvalue weighted by molar-refractivity contribution is 0.0526. The molecule has 6 nitrogen and oxygen atoms in total. The number of fused-ring (bicyclic) bond motifs is 5. The van der Waals surface area contributed by atoms with Gasteiger partial charge >= 0.3 is 5.97 Å². The summed E-state index contributed by atoms with van der Waals surface area (Å²) in [4.78, 5) is 21.3. The molecule has 134 valence electrons. The van der Waals surface area contributed by atoms with E-state index in [-0.39, 0.29) is 12.0 Å². The van der Waals surface area contributed by atoms with E-state index in [2.05, 4.69) is 22.2 Å². The number of halogens is 1. The van der Waals surface area contributed by atoms with Crippen molar-refractivity contribution in [3.8, 4) is 5.82 Å². The number of esters is 1. The standard InChI is InChI=1S/C19H19ClN4O2/c1-3-7-12-16-14(19(25)26-4-2)11-8-5-6-9-13(11)24(16)18-15(23-12)17(20)21-10-22-18/h5-6,8-10,12,23H,3-4,7H2,1-2H3. The molecule has 1 atom stereocenters. The van der Waals surface area contributed by atoms with Gasteiger partial charge in [0.15, 0.2) is 11.0 Å². The van der Waals surface area contributed by atoms with E-state index in [1.54, 1.807) is 0 Å². The number of carbonyl (C=O) groups excluding carboxylic acids is 1. The molecule has 4 rings (SSSR count). The first kappa shape index (κ1) is 16.8. The fourth-order valence-electron chi connectivity index (χ4n) is 3.63. The van der Waals surface area contributed by atoms with Crippen molar-refractivity contribution in [3.05, 3.63) is 47.0 Å². The first-order valence-corrected chi connectivity index (χ1v) is 9.13. The molecule has 0 aliphatic carbocycles. The zero-order valence-corrected chi connectivity index (χ0v) is 15.4. The summed E-state index contributed by atoms with van der Waals surface area (Å²) in [5, 5.41) is 4.66. The van der Waals surface area contributed by atoms with Crippen LogP contribution in [0.1, 0.15) is 48.8 Å². The lowest BCUT2D eigenvalue weighted by atomic mass is 10.0. The topological polar surface area (TPSA) is 69.0 Å². The number of nitrogens with one attached hydrogen (secondary N) is 1. The highest BCUT2D eigenvalue weighted by atomic mass is 35.5. The molecular weight excluding hydrogens is 352 g/mol. The summed E-state index contributed by atoms with van der Waals surface area (Å²) in [5.41, 5.74) is 3.06. The molecule has 3 heterocycles. The van der Waals surface area contributed by atoms with Gasteiger partial charge in [-0.2, -0.15) is 0 Å². The number of benzene rings is 1. The highest BCUT2D eigenvalue weighted by Gasteiger charge is 2.34. The Morgan fingerprint density at radius 3 is 2.88 bits per heavy atom. The summed E-state index contributed by atoms with van der Waals surface area (Å²) in [6.45, 7) is 4.25. The second-order valence-electron chi connectivity index (χ2n) is 6.18. The normalized spacial score (nSPS) is 15.3. The molecule has 0 saturated carbocycles. The smallest absolute Gasteiger partial charge is 0.340 e. The molecule has 3 aromatic rings. The van der Waals surface area contributed by atoms with Crippen LogP contribution >= 0.6 is 11.6 Å². The van der Waals surface area contributed by atoms with Gasteiger partial charge in [0.2, 0.25) is 0 Å². The summed E-state index contributed by atoms with van der Waals surface area (Å²) in [7, 11) is 0. The van der Waals surface area contributed by atoms with Gasteiger partial charge in [0.05, 0.1) is 29.4 Å². The highest BCUT2D eigenvalue weighted by molar-refractivity contribution is 6.32. The molecule has 1 aliphatic heterocycles. The maximum Gasteiger partial charge on any atom is 0.340 e. The SMILES string of the molecule is CCCC1Nc2c(Cl)ncnc2-n2c1c(C(=O)OCC)c1ccccc12. The third-order valence-corrected chi connectivity index (χ3v) is 4.90. The Balaban J connectivity index is 2.09. The second-order valence-corrected chi connectivity index (χ2v) is 6.54. The van der Waals surface area contributed by atoms with Gasteiger partial charge in [0, 0.05) is 5.39 Å². The van der Waals surface area contributed by atoms with Gasteiger partial charge in [-0.15, -0.1) is 0 Å². The van der Waals surface area contributed by atoms with E-state index < -0.39 is 0 Å². The van der Waals surface area contributed by atoms with E-state index in [4.69, 9.17) is 16.3 Å². The largest absolute Gasteiger partial charge is 0.462 e. The minimum atomic E-state index is -0.316. The molecule has 7 heteroatoms. The van der Waals surface area contributed by atoms with E-state index in [0.29, 0.717) is 28.8 Å². The van der Waals surface area contributed by atoms with Crippen molar-refractivity contribution in [2.24, 2.45) is 0 Å². The summed E-state index contributed by atoms with van der Waals surface area (Å²) in [6.07, 6.45) is 3.22. The van der Waals surface area contributed by atoms with Crippen molar-refractivity contribution in [2.45, 2.75) is 32.7 Å². The molecule has 1 aliphatic rings. The maximum absolute atomic E-state index is 12.8. The van der Waals surface area contributed by atoms with E-state index in [9.17, 15) is 4.79 Å². The second kappa shape index (κ2) is 6.61. The van der Waals surface area contributed by atoms with Crippen molar-refractivity contribution < 1.29 is 9.53 Å². The molecular formula is C19H19ClN4O2. The first-order valence-electron chi connectivity index (χ1n) is 8.75. The van der Waals surface area contributed by atoms with Gasteiger partial charge in [0.25, 0.3) is 0 Å². The number of anilines is 1. The van der Waals surface area contributed by atoms with Crippen LogP contribution in [-0.2, 0) is 4.74 Å². The third-order valence-electron chi connectivity index (χ3n) is 4.61. The molecule has 0 saturated heterocycles. The van der Waals surface area contributed by atoms with Crippen LogP contribution in [0.15, 0.2) is 30.6 Å². The number of hydrogen-bond donors (Lipinski definition) is 1. The molecule has 0 radical (unpaired) electrons. The summed E-state index contributed by atoms with van der Waals surface area (Å²) < 4.78 is 7.37. The summed E-state index contributed by atoms with van der Waals surface area (Å²) in [5.74, 6) is 0.336. The van der Waals surface area contributed by atoms with Crippen LogP contribution in [0.25, 0.3) is 16.7 Å². The van der Waals surface area contributed by atoms with Crippen molar-refractivity contribution in [1.29, 1.82) is 0 Å². The Kier molecular flexibility index (Phi) is 4.28. The number of nitrogens with zero attached hydrogens (tertiary/aromatic N) is 3. The Labute approximate surface area is 156 Å². The Hall–Kier alpha value is -2.60. The fraction of sp³-hybridized carbons (Fsp3) is 0.316. The molecule has 26 heavy (non-hydrogen) atoms. The quantitative estimate of drug-likeness (QED) is 0.540. The van der Waals surface area contributed by atoms with Gasteiger partial charge < -0.3 is 10.1 Å². The monoisotopic (exact) mass is 370 g/mol. The van der Waals surface area contributed by atoms with E-state index in [1.807, 2.05) is 35.8 Å². The van der Waals surface area contributed by atoms with Crippen molar-refractivity contribution in [2.75, 3.05) is 11.9 Å². The van der Waals surface area contributed by atoms with Crippen LogP contribution in [0.5, 0.6) is 0 Å². The van der Waals surface area contributed by atoms with E-state index in [0.717, 1.165) is 29.4 Å². The molecule has 0 fully saturated rings. The highest BCUT2D eigenvalue weighted by Crippen LogP contribution is 2.43. The average molecular weight is 371 g/mol. The van der Waals surface area contributed by atoms with Crippen molar-refractivity contribution in [1.82, 2.24) is 14.5 Å².